The molecule has 3 aromatic rings. The highest BCUT2D eigenvalue weighted by molar-refractivity contribution is 6.31. The van der Waals surface area contributed by atoms with Gasteiger partial charge in [-0.2, -0.15) is 4.98 Å². The largest absolute Gasteiger partial charge is 0.337 e. The van der Waals surface area contributed by atoms with E-state index in [1.807, 2.05) is 0 Å². The van der Waals surface area contributed by atoms with Gasteiger partial charge in [0.05, 0.1) is 11.6 Å². The van der Waals surface area contributed by atoms with Gasteiger partial charge in [0.25, 0.3) is 0 Å². The molecule has 28 heavy (non-hydrogen) atoms. The molecular formula is C19H13Cl2F2N3O2. The summed E-state index contributed by atoms with van der Waals surface area (Å²) in [5.41, 5.74) is 0.712. The maximum absolute atomic E-state index is 14.1. The predicted molar refractivity (Wildman–Crippen MR) is 98.6 cm³/mol. The van der Waals surface area contributed by atoms with Gasteiger partial charge in [0.1, 0.15) is 17.7 Å². The number of aromatic nitrogens is 2. The highest BCUT2D eigenvalue weighted by Gasteiger charge is 2.36. The summed E-state index contributed by atoms with van der Waals surface area (Å²) < 4.78 is 32.8. The lowest BCUT2D eigenvalue weighted by molar-refractivity contribution is -0.130. The lowest BCUT2D eigenvalue weighted by Crippen LogP contribution is -2.28. The molecule has 0 radical (unpaired) electrons. The van der Waals surface area contributed by atoms with Crippen LogP contribution in [0, 0.1) is 11.6 Å². The van der Waals surface area contributed by atoms with Crippen LogP contribution in [0.5, 0.6) is 0 Å². The Balaban J connectivity index is 1.62. The van der Waals surface area contributed by atoms with Gasteiger partial charge in [0, 0.05) is 22.6 Å². The van der Waals surface area contributed by atoms with Crippen LogP contribution in [0.25, 0.3) is 11.4 Å². The zero-order valence-electron chi connectivity index (χ0n) is 14.3. The second kappa shape index (κ2) is 7.48. The Morgan fingerprint density at radius 3 is 2.71 bits per heavy atom. The van der Waals surface area contributed by atoms with Crippen LogP contribution >= 0.6 is 23.2 Å². The van der Waals surface area contributed by atoms with Gasteiger partial charge in [-0.05, 0) is 36.8 Å². The molecule has 144 valence electrons. The van der Waals surface area contributed by atoms with E-state index in [4.69, 9.17) is 27.7 Å². The van der Waals surface area contributed by atoms with E-state index >= 15 is 0 Å². The summed E-state index contributed by atoms with van der Waals surface area (Å²) in [5.74, 6) is -0.760. The number of likely N-dealkylation sites (tertiary alicyclic amines) is 1. The van der Waals surface area contributed by atoms with E-state index < -0.39 is 17.7 Å². The molecule has 9 heteroatoms. The van der Waals surface area contributed by atoms with Crippen molar-refractivity contribution in [3.8, 4) is 11.4 Å². The van der Waals surface area contributed by atoms with Gasteiger partial charge in [-0.3, -0.25) is 4.79 Å². The van der Waals surface area contributed by atoms with E-state index in [-0.39, 0.29) is 46.2 Å². The fourth-order valence-corrected chi connectivity index (χ4v) is 3.57. The molecule has 0 N–H and O–H groups in total. The number of nitrogens with zero attached hydrogens (tertiary/aromatic N) is 3. The van der Waals surface area contributed by atoms with E-state index in [0.29, 0.717) is 12.0 Å². The summed E-state index contributed by atoms with van der Waals surface area (Å²) in [6.07, 6.45) is 0.730. The first-order valence-corrected chi connectivity index (χ1v) is 9.21. The molecule has 1 saturated heterocycles. The van der Waals surface area contributed by atoms with Crippen molar-refractivity contribution in [3.05, 3.63) is 69.5 Å². The third-order valence-corrected chi connectivity index (χ3v) is 5.27. The van der Waals surface area contributed by atoms with E-state index in [1.165, 1.54) is 35.2 Å². The Kier molecular flexibility index (Phi) is 5.03. The fourth-order valence-electron chi connectivity index (χ4n) is 3.17. The third-order valence-electron chi connectivity index (χ3n) is 4.62. The van der Waals surface area contributed by atoms with Crippen LogP contribution in [0.3, 0.4) is 0 Å². The van der Waals surface area contributed by atoms with E-state index in [0.717, 1.165) is 0 Å². The molecule has 2 aromatic carbocycles. The van der Waals surface area contributed by atoms with Crippen LogP contribution in [0.2, 0.25) is 10.0 Å². The van der Waals surface area contributed by atoms with E-state index in [2.05, 4.69) is 10.1 Å². The standard InChI is InChI=1S/C19H13Cl2F2N3O2/c20-12-2-1-3-14(22)11(12)9-26-16(6-7-17(26)27)19-24-18(25-28-19)10-4-5-15(23)13(21)8-10/h1-5,8,16H,6-7,9H2. The zero-order valence-corrected chi connectivity index (χ0v) is 15.8. The monoisotopic (exact) mass is 423 g/mol. The Morgan fingerprint density at radius 1 is 1.14 bits per heavy atom. The summed E-state index contributed by atoms with van der Waals surface area (Å²) in [6, 6.07) is 7.94. The van der Waals surface area contributed by atoms with Gasteiger partial charge in [-0.1, -0.05) is 34.4 Å². The quantitative estimate of drug-likeness (QED) is 0.579. The molecule has 0 bridgehead atoms. The smallest absolute Gasteiger partial charge is 0.249 e. The molecule has 4 rings (SSSR count). The maximum Gasteiger partial charge on any atom is 0.249 e. The van der Waals surface area contributed by atoms with Crippen molar-refractivity contribution in [3.63, 3.8) is 0 Å². The molecule has 1 aromatic heterocycles. The summed E-state index contributed by atoms with van der Waals surface area (Å²) >= 11 is 11.9. The molecule has 1 fully saturated rings. The van der Waals surface area contributed by atoms with Gasteiger partial charge in [-0.25, -0.2) is 8.78 Å². The second-order valence-electron chi connectivity index (χ2n) is 6.36. The van der Waals surface area contributed by atoms with Crippen LogP contribution in [-0.4, -0.2) is 20.9 Å². The minimum absolute atomic E-state index is 0.00486. The number of hydrogen-bond donors (Lipinski definition) is 0. The molecule has 0 aliphatic carbocycles. The molecular weight excluding hydrogens is 411 g/mol. The van der Waals surface area contributed by atoms with Crippen LogP contribution in [0.1, 0.15) is 30.3 Å². The first kappa shape index (κ1) is 18.8. The number of carbonyl (C=O) groups is 1. The average Bonchev–Trinajstić information content (AvgIpc) is 3.28. The molecule has 1 aliphatic heterocycles. The van der Waals surface area contributed by atoms with Crippen molar-refractivity contribution in [2.45, 2.75) is 25.4 Å². The number of amides is 1. The summed E-state index contributed by atoms with van der Waals surface area (Å²) in [5, 5.41) is 4.08. The number of rotatable bonds is 4. The highest BCUT2D eigenvalue weighted by atomic mass is 35.5. The molecule has 1 unspecified atom stereocenters. The first-order valence-electron chi connectivity index (χ1n) is 8.45. The molecule has 2 heterocycles. The summed E-state index contributed by atoms with van der Waals surface area (Å²) in [7, 11) is 0. The van der Waals surface area contributed by atoms with Crippen molar-refractivity contribution in [1.82, 2.24) is 15.0 Å². The van der Waals surface area contributed by atoms with E-state index in [9.17, 15) is 13.6 Å². The minimum atomic E-state index is -0.552. The lowest BCUT2D eigenvalue weighted by Gasteiger charge is -2.22. The third kappa shape index (κ3) is 3.47. The van der Waals surface area contributed by atoms with Crippen molar-refractivity contribution < 1.29 is 18.1 Å². The van der Waals surface area contributed by atoms with Crippen LogP contribution in [-0.2, 0) is 11.3 Å². The Bertz CT molecular complexity index is 1040. The Hall–Kier alpha value is -2.51. The van der Waals surface area contributed by atoms with Gasteiger partial charge in [0.2, 0.25) is 17.6 Å². The number of halogens is 4. The zero-order chi connectivity index (χ0) is 19.8. The van der Waals surface area contributed by atoms with Crippen LogP contribution < -0.4 is 0 Å². The molecule has 1 atom stereocenters. The molecule has 1 amide bonds. The van der Waals surface area contributed by atoms with E-state index in [1.54, 1.807) is 6.07 Å². The summed E-state index contributed by atoms with van der Waals surface area (Å²) in [6.45, 7) is -0.00486. The fraction of sp³-hybridized carbons (Fsp3) is 0.211. The predicted octanol–water partition coefficient (Wildman–Crippen LogP) is 5.19. The maximum atomic E-state index is 14.1. The highest BCUT2D eigenvalue weighted by Crippen LogP contribution is 2.35. The number of hydrogen-bond acceptors (Lipinski definition) is 4. The number of carbonyl (C=O) groups excluding carboxylic acids is 1. The van der Waals surface area contributed by atoms with Crippen LogP contribution in [0.4, 0.5) is 8.78 Å². The topological polar surface area (TPSA) is 59.2 Å². The lowest BCUT2D eigenvalue weighted by atomic mass is 10.1. The second-order valence-corrected chi connectivity index (χ2v) is 7.18. The Morgan fingerprint density at radius 2 is 1.96 bits per heavy atom. The van der Waals surface area contributed by atoms with Crippen molar-refractivity contribution in [1.29, 1.82) is 0 Å². The average molecular weight is 424 g/mol. The SMILES string of the molecule is O=C1CCC(c2nc(-c3ccc(F)c(Cl)c3)no2)N1Cc1c(F)cccc1Cl. The molecule has 0 spiro atoms. The minimum Gasteiger partial charge on any atom is -0.337 e. The Labute approximate surface area is 168 Å². The van der Waals surface area contributed by atoms with Crippen LogP contribution in [0.15, 0.2) is 40.9 Å². The van der Waals surface area contributed by atoms with Crippen molar-refractivity contribution in [2.24, 2.45) is 0 Å². The normalized spacial score (nSPS) is 16.8. The van der Waals surface area contributed by atoms with Crippen molar-refractivity contribution >= 4 is 29.1 Å². The van der Waals surface area contributed by atoms with Gasteiger partial charge >= 0.3 is 0 Å². The summed E-state index contributed by atoms with van der Waals surface area (Å²) in [4.78, 5) is 18.2. The van der Waals surface area contributed by atoms with Gasteiger partial charge in [0.15, 0.2) is 0 Å². The number of benzene rings is 2. The van der Waals surface area contributed by atoms with Gasteiger partial charge in [-0.15, -0.1) is 0 Å². The van der Waals surface area contributed by atoms with Crippen molar-refractivity contribution in [2.75, 3.05) is 0 Å². The molecule has 5 nitrogen and oxygen atoms in total. The molecule has 0 saturated carbocycles. The van der Waals surface area contributed by atoms with Gasteiger partial charge < -0.3 is 9.42 Å². The first-order chi connectivity index (χ1) is 13.4. The molecule has 1 aliphatic rings.